The van der Waals surface area contributed by atoms with Crippen molar-refractivity contribution in [2.24, 2.45) is 0 Å². The number of carbonyl (C=O) groups is 1. The summed E-state index contributed by atoms with van der Waals surface area (Å²) in [6.07, 6.45) is 0.289. The third-order valence-corrected chi connectivity index (χ3v) is 15.8. The number of rotatable bonds is 7. The molecule has 0 saturated heterocycles. The Hall–Kier alpha value is -2.52. The van der Waals surface area contributed by atoms with Crippen LogP contribution in [0.4, 0.5) is 4.39 Å². The van der Waals surface area contributed by atoms with Crippen molar-refractivity contribution in [2.75, 3.05) is 6.61 Å². The summed E-state index contributed by atoms with van der Waals surface area (Å²) in [5, 5.41) is -0.0883. The van der Waals surface area contributed by atoms with Crippen LogP contribution in [0.3, 0.4) is 0 Å². The average Bonchev–Trinajstić information content (AvgIpc) is 2.88. The number of benzene rings is 4. The molecule has 0 aliphatic heterocycles. The van der Waals surface area contributed by atoms with Gasteiger partial charge in [-0.05, 0) is 0 Å². The van der Waals surface area contributed by atoms with Crippen LogP contribution in [0.2, 0.25) is 5.02 Å². The van der Waals surface area contributed by atoms with Crippen LogP contribution in [0.5, 0.6) is 0 Å². The van der Waals surface area contributed by atoms with E-state index < -0.39 is 17.1 Å². The summed E-state index contributed by atoms with van der Waals surface area (Å²) in [6.45, 7) is 1.91. The molecule has 4 aromatic rings. The van der Waals surface area contributed by atoms with Gasteiger partial charge in [-0.25, -0.2) is 0 Å². The van der Waals surface area contributed by atoms with Gasteiger partial charge in [0.15, 0.2) is 0 Å². The van der Waals surface area contributed by atoms with Crippen LogP contribution in [0.25, 0.3) is 0 Å². The Morgan fingerprint density at radius 2 is 1.29 bits per heavy atom. The van der Waals surface area contributed by atoms with Crippen molar-refractivity contribution in [1.82, 2.24) is 0 Å². The van der Waals surface area contributed by atoms with E-state index in [-0.39, 0.29) is 23.4 Å². The van der Waals surface area contributed by atoms with Crippen molar-refractivity contribution < 1.29 is 13.9 Å². The monoisotopic (exact) mass is 556 g/mol. The summed E-state index contributed by atoms with van der Waals surface area (Å²) in [6, 6.07) is 33.0. The van der Waals surface area contributed by atoms with Crippen LogP contribution in [0.15, 0.2) is 103 Å². The van der Waals surface area contributed by atoms with Gasteiger partial charge in [0.2, 0.25) is 0 Å². The Labute approximate surface area is 212 Å². The van der Waals surface area contributed by atoms with Crippen LogP contribution < -0.4 is 15.9 Å². The van der Waals surface area contributed by atoms with Crippen LogP contribution in [0.1, 0.15) is 22.8 Å². The molecule has 0 fully saturated rings. The van der Waals surface area contributed by atoms with E-state index in [9.17, 15) is 4.79 Å². The predicted molar refractivity (Wildman–Crippen MR) is 145 cm³/mol. The quantitative estimate of drug-likeness (QED) is 0.181. The molecule has 4 aromatic carbocycles. The third kappa shape index (κ3) is 4.31. The minimum absolute atomic E-state index is 0.0992. The third-order valence-electron chi connectivity index (χ3n) is 5.99. The molecule has 0 N–H and O–H groups in total. The first-order valence-electron chi connectivity index (χ1n) is 10.9. The van der Waals surface area contributed by atoms with Crippen LogP contribution >= 0.6 is 32.4 Å². The maximum atomic E-state index is 15.7. The molecule has 34 heavy (non-hydrogen) atoms. The van der Waals surface area contributed by atoms with Gasteiger partial charge >= 0.3 is 213 Å². The van der Waals surface area contributed by atoms with E-state index in [1.807, 2.05) is 54.6 Å². The molecule has 0 aromatic heterocycles. The molecule has 4 rings (SSSR count). The van der Waals surface area contributed by atoms with Crippen molar-refractivity contribution in [3.63, 3.8) is 0 Å². The number of hydrogen-bond donors (Lipinski definition) is 0. The first kappa shape index (κ1) is 24.6. The summed E-state index contributed by atoms with van der Waals surface area (Å²) in [4.78, 5) is 12.2. The topological polar surface area (TPSA) is 26.3 Å². The SMILES string of the molecule is CCOC(=O)c1cc(F)c(CP(Br)(c2ccccc2)(c2ccccc2)c2ccccc2)c(Cl)c1. The first-order valence-corrected chi connectivity index (χ1v) is 15.7. The molecule has 0 aliphatic rings. The van der Waals surface area contributed by atoms with E-state index in [1.165, 1.54) is 12.1 Å². The first-order chi connectivity index (χ1) is 16.4. The number of hydrogen-bond acceptors (Lipinski definition) is 2. The Balaban J connectivity index is 2.02. The van der Waals surface area contributed by atoms with Gasteiger partial charge in [-0.15, -0.1) is 0 Å². The normalized spacial score (nSPS) is 12.5. The average molecular weight is 558 g/mol. The van der Waals surface area contributed by atoms with Crippen molar-refractivity contribution in [2.45, 2.75) is 13.1 Å². The summed E-state index contributed by atoms with van der Waals surface area (Å²) in [5.41, 5.74) is 0.447. The molecular weight excluding hydrogens is 534 g/mol. The molecule has 0 unspecified atom stereocenters. The van der Waals surface area contributed by atoms with Crippen LogP contribution in [-0.4, -0.2) is 12.6 Å². The van der Waals surface area contributed by atoms with Crippen LogP contribution in [-0.2, 0) is 10.9 Å². The summed E-state index contributed by atoms with van der Waals surface area (Å²) in [7, 11) is 0. The molecule has 0 radical (unpaired) electrons. The molecular formula is C28H24BrClFO2P. The Bertz CT molecular complexity index is 1180. The molecule has 6 heteroatoms. The van der Waals surface area contributed by atoms with Gasteiger partial charge in [0.25, 0.3) is 0 Å². The Kier molecular flexibility index (Phi) is 7.23. The summed E-state index contributed by atoms with van der Waals surface area (Å²) >= 11 is 11.0. The second-order valence-corrected chi connectivity index (χ2v) is 17.3. The molecule has 0 spiro atoms. The Morgan fingerprint density at radius 3 is 1.68 bits per heavy atom. The number of ether oxygens (including phenoxy) is 1. The molecule has 0 heterocycles. The molecule has 0 saturated carbocycles. The van der Waals surface area contributed by atoms with Gasteiger partial charge in [-0.3, -0.25) is 0 Å². The van der Waals surface area contributed by atoms with E-state index in [2.05, 4.69) is 51.9 Å². The second kappa shape index (κ2) is 10.00. The fourth-order valence-corrected chi connectivity index (χ4v) is 12.3. The van der Waals surface area contributed by atoms with Gasteiger partial charge in [-0.2, -0.15) is 0 Å². The van der Waals surface area contributed by atoms with Crippen LogP contribution in [0, 0.1) is 5.82 Å². The fraction of sp³-hybridized carbons (Fsp3) is 0.107. The summed E-state index contributed by atoms with van der Waals surface area (Å²) in [5.74, 6) is -1.13. The zero-order chi connectivity index (χ0) is 24.2. The number of halogens is 3. The van der Waals surface area contributed by atoms with E-state index in [4.69, 9.17) is 16.3 Å². The van der Waals surface area contributed by atoms with Gasteiger partial charge in [0, 0.05) is 0 Å². The predicted octanol–water partition coefficient (Wildman–Crippen LogP) is 7.00. The van der Waals surface area contributed by atoms with Crippen molar-refractivity contribution >= 4 is 54.3 Å². The number of carbonyl (C=O) groups excluding carboxylic acids is 1. The molecule has 0 bridgehead atoms. The van der Waals surface area contributed by atoms with Gasteiger partial charge in [-0.1, -0.05) is 0 Å². The minimum atomic E-state index is -3.44. The molecule has 0 aliphatic carbocycles. The zero-order valence-electron chi connectivity index (χ0n) is 18.6. The van der Waals surface area contributed by atoms with Crippen molar-refractivity contribution in [3.05, 3.63) is 125 Å². The van der Waals surface area contributed by atoms with Gasteiger partial charge in [0.1, 0.15) is 0 Å². The van der Waals surface area contributed by atoms with E-state index in [0.29, 0.717) is 5.56 Å². The molecule has 0 atom stereocenters. The van der Waals surface area contributed by atoms with E-state index in [0.717, 1.165) is 15.9 Å². The fourth-order valence-electron chi connectivity index (χ4n) is 4.32. The standard InChI is InChI=1S/C28H24BrClFO2P/c1-2-33-28(32)21-18-26(30)25(27(31)19-21)20-34(29,22-12-6-3-7-13-22,23-14-8-4-9-15-23)24-16-10-5-11-17-24/h3-19H,2,20H2,1H3. The molecule has 174 valence electrons. The molecule has 2 nitrogen and oxygen atoms in total. The van der Waals surface area contributed by atoms with Crippen molar-refractivity contribution in [1.29, 1.82) is 0 Å². The molecule has 0 amide bonds. The van der Waals surface area contributed by atoms with Gasteiger partial charge in [0.05, 0.1) is 0 Å². The van der Waals surface area contributed by atoms with Gasteiger partial charge < -0.3 is 0 Å². The maximum absolute atomic E-state index is 15.7. The van der Waals surface area contributed by atoms with E-state index >= 15 is 4.39 Å². The number of esters is 1. The van der Waals surface area contributed by atoms with E-state index in [1.54, 1.807) is 6.92 Å². The summed E-state index contributed by atoms with van der Waals surface area (Å²) < 4.78 is 20.7. The Morgan fingerprint density at radius 1 is 0.853 bits per heavy atom. The second-order valence-electron chi connectivity index (χ2n) is 7.99. The zero-order valence-corrected chi connectivity index (χ0v) is 21.9. The van der Waals surface area contributed by atoms with Crippen molar-refractivity contribution in [3.8, 4) is 0 Å².